The number of ketones is 1. The minimum absolute atomic E-state index is 0.139. The van der Waals surface area contributed by atoms with Gasteiger partial charge in [-0.3, -0.25) is 19.1 Å². The Balaban J connectivity index is 1.70. The second-order valence-corrected chi connectivity index (χ2v) is 6.73. The van der Waals surface area contributed by atoms with Gasteiger partial charge in [-0.05, 0) is 35.4 Å². The zero-order chi connectivity index (χ0) is 20.0. The van der Waals surface area contributed by atoms with Gasteiger partial charge in [-0.2, -0.15) is 9.36 Å². The van der Waals surface area contributed by atoms with Gasteiger partial charge in [-0.1, -0.05) is 23.7 Å². The Bertz CT molecular complexity index is 1260. The summed E-state index contributed by atoms with van der Waals surface area (Å²) in [4.78, 5) is 51.3. The number of H-pyrrole nitrogens is 1. The van der Waals surface area contributed by atoms with Crippen LogP contribution in [0.3, 0.4) is 0 Å². The van der Waals surface area contributed by atoms with Crippen LogP contribution in [0.15, 0.2) is 38.6 Å². The van der Waals surface area contributed by atoms with E-state index in [9.17, 15) is 19.2 Å². The molecule has 1 aromatic carbocycles. The normalized spacial score (nSPS) is 13.6. The Labute approximate surface area is 160 Å². The second kappa shape index (κ2) is 6.60. The van der Waals surface area contributed by atoms with Gasteiger partial charge in [0.2, 0.25) is 0 Å². The Morgan fingerprint density at radius 1 is 1.21 bits per heavy atom. The maximum absolute atomic E-state index is 12.6. The summed E-state index contributed by atoms with van der Waals surface area (Å²) in [6.07, 6.45) is 1.46. The fourth-order valence-electron chi connectivity index (χ4n) is 2.89. The van der Waals surface area contributed by atoms with Crippen LogP contribution in [-0.2, 0) is 6.54 Å². The van der Waals surface area contributed by atoms with Crippen molar-refractivity contribution in [3.05, 3.63) is 66.2 Å². The molecular weight excluding hydrogens is 390 g/mol. The van der Waals surface area contributed by atoms with Crippen molar-refractivity contribution in [3.63, 3.8) is 0 Å². The number of rotatable bonds is 5. The number of halogens is 1. The number of benzene rings is 1. The molecule has 2 heterocycles. The Hall–Kier alpha value is -3.47. The van der Waals surface area contributed by atoms with Gasteiger partial charge in [0.05, 0.1) is 10.7 Å². The molecule has 0 atom stereocenters. The van der Waals surface area contributed by atoms with Crippen LogP contribution in [0.2, 0.25) is 5.02 Å². The van der Waals surface area contributed by atoms with Crippen molar-refractivity contribution in [1.29, 1.82) is 0 Å². The number of nitrogens with one attached hydrogen (secondary N) is 1. The van der Waals surface area contributed by atoms with Crippen LogP contribution in [0.25, 0.3) is 5.69 Å². The maximum atomic E-state index is 12.6. The van der Waals surface area contributed by atoms with Gasteiger partial charge >= 0.3 is 11.4 Å². The third-order valence-corrected chi connectivity index (χ3v) is 4.71. The number of anilines is 1. The van der Waals surface area contributed by atoms with E-state index in [-0.39, 0.29) is 22.4 Å². The molecule has 0 bridgehead atoms. The first-order valence-electron chi connectivity index (χ1n) is 8.33. The van der Waals surface area contributed by atoms with E-state index in [2.05, 4.69) is 15.4 Å². The molecule has 0 unspecified atom stereocenters. The predicted octanol–water partition coefficient (Wildman–Crippen LogP) is -0.268. The summed E-state index contributed by atoms with van der Waals surface area (Å²) in [5, 5.41) is 7.66. The molecule has 4 rings (SSSR count). The molecule has 3 N–H and O–H groups in total. The zero-order valence-corrected chi connectivity index (χ0v) is 15.1. The highest BCUT2D eigenvalue weighted by Gasteiger charge is 2.30. The van der Waals surface area contributed by atoms with Gasteiger partial charge in [0.25, 0.3) is 5.56 Å². The fraction of sp³-hybridized carbons (Fsp3) is 0.250. The lowest BCUT2D eigenvalue weighted by atomic mass is 10.2. The number of carbonyl (C=O) groups excluding carboxylic acids is 1. The molecule has 1 fully saturated rings. The second-order valence-electron chi connectivity index (χ2n) is 6.33. The highest BCUT2D eigenvalue weighted by Crippen LogP contribution is 2.35. The number of tetrazole rings is 1. The van der Waals surface area contributed by atoms with E-state index in [0.717, 1.165) is 22.2 Å². The molecule has 0 spiro atoms. The minimum atomic E-state index is -0.907. The van der Waals surface area contributed by atoms with Crippen molar-refractivity contribution in [3.8, 4) is 5.69 Å². The number of Topliss-reactive ketones (excluding diaryl/α,β-unsaturated/α-hetero) is 1. The Kier molecular flexibility index (Phi) is 4.23. The number of hydrogen-bond donors (Lipinski definition) is 2. The lowest BCUT2D eigenvalue weighted by Gasteiger charge is -2.10. The van der Waals surface area contributed by atoms with Crippen LogP contribution >= 0.6 is 11.6 Å². The summed E-state index contributed by atoms with van der Waals surface area (Å²) in [6, 6.07) is 6.36. The first-order chi connectivity index (χ1) is 13.4. The zero-order valence-electron chi connectivity index (χ0n) is 14.3. The van der Waals surface area contributed by atoms with Crippen LogP contribution < -0.4 is 22.7 Å². The molecule has 3 aromatic rings. The molecule has 12 heteroatoms. The third-order valence-electron chi connectivity index (χ3n) is 4.39. The molecule has 28 heavy (non-hydrogen) atoms. The summed E-state index contributed by atoms with van der Waals surface area (Å²) in [5.74, 6) is -0.978. The minimum Gasteiger partial charge on any atom is -0.384 e. The first kappa shape index (κ1) is 17.9. The van der Waals surface area contributed by atoms with E-state index in [1.165, 1.54) is 4.57 Å². The van der Waals surface area contributed by atoms with Crippen LogP contribution in [0, 0.1) is 0 Å². The van der Waals surface area contributed by atoms with Gasteiger partial charge < -0.3 is 5.73 Å². The monoisotopic (exact) mass is 403 g/mol. The van der Waals surface area contributed by atoms with Crippen molar-refractivity contribution < 1.29 is 4.79 Å². The SMILES string of the molecule is Nc1c(C(=O)Cn2nnn(-c3ccccc3Cl)c2=O)c(=O)[nH]c(=O)n1C1CC1. The Morgan fingerprint density at radius 2 is 1.93 bits per heavy atom. The summed E-state index contributed by atoms with van der Waals surface area (Å²) >= 11 is 6.05. The van der Waals surface area contributed by atoms with E-state index in [1.807, 2.05) is 0 Å². The van der Waals surface area contributed by atoms with E-state index in [1.54, 1.807) is 24.3 Å². The van der Waals surface area contributed by atoms with Crippen LogP contribution in [-0.4, -0.2) is 35.1 Å². The lowest BCUT2D eigenvalue weighted by molar-refractivity contribution is 0.0964. The number of aromatic amines is 1. The molecule has 1 saturated carbocycles. The summed E-state index contributed by atoms with van der Waals surface area (Å²) in [7, 11) is 0. The molecule has 1 aliphatic rings. The highest BCUT2D eigenvalue weighted by atomic mass is 35.5. The van der Waals surface area contributed by atoms with Gasteiger partial charge in [-0.25, -0.2) is 9.59 Å². The van der Waals surface area contributed by atoms with E-state index >= 15 is 0 Å². The number of para-hydroxylation sites is 1. The number of nitrogens with two attached hydrogens (primary N) is 1. The van der Waals surface area contributed by atoms with E-state index < -0.39 is 29.3 Å². The number of nitrogens with zero attached hydrogens (tertiary/aromatic N) is 5. The number of nitrogen functional groups attached to an aromatic ring is 1. The number of hydrogen-bond acceptors (Lipinski definition) is 7. The van der Waals surface area contributed by atoms with Crippen LogP contribution in [0.1, 0.15) is 29.2 Å². The van der Waals surface area contributed by atoms with Crippen LogP contribution in [0.4, 0.5) is 5.82 Å². The van der Waals surface area contributed by atoms with Crippen molar-refractivity contribution >= 4 is 23.2 Å². The summed E-state index contributed by atoms with van der Waals surface area (Å²) in [5.41, 5.74) is 3.54. The molecule has 2 aromatic heterocycles. The fourth-order valence-corrected chi connectivity index (χ4v) is 3.11. The average molecular weight is 404 g/mol. The number of carbonyl (C=O) groups is 1. The van der Waals surface area contributed by atoms with Gasteiger partial charge in [0.15, 0.2) is 5.78 Å². The van der Waals surface area contributed by atoms with E-state index in [4.69, 9.17) is 17.3 Å². The molecule has 1 aliphatic carbocycles. The van der Waals surface area contributed by atoms with Crippen molar-refractivity contribution in [2.75, 3.05) is 5.73 Å². The van der Waals surface area contributed by atoms with Gasteiger partial charge in [0.1, 0.15) is 17.9 Å². The molecule has 11 nitrogen and oxygen atoms in total. The van der Waals surface area contributed by atoms with Gasteiger partial charge in [-0.15, -0.1) is 0 Å². The predicted molar refractivity (Wildman–Crippen MR) is 99.0 cm³/mol. The highest BCUT2D eigenvalue weighted by molar-refractivity contribution is 6.32. The van der Waals surface area contributed by atoms with Crippen molar-refractivity contribution in [2.24, 2.45) is 0 Å². The smallest absolute Gasteiger partial charge is 0.368 e. The first-order valence-corrected chi connectivity index (χ1v) is 8.71. The van der Waals surface area contributed by atoms with E-state index in [0.29, 0.717) is 5.69 Å². The van der Waals surface area contributed by atoms with Crippen LogP contribution in [0.5, 0.6) is 0 Å². The van der Waals surface area contributed by atoms with Gasteiger partial charge in [0, 0.05) is 6.04 Å². The Morgan fingerprint density at radius 3 is 2.61 bits per heavy atom. The quantitative estimate of drug-likeness (QED) is 0.556. The molecule has 0 saturated heterocycles. The molecule has 0 aliphatic heterocycles. The molecule has 144 valence electrons. The standard InChI is InChI=1S/C16H14ClN7O4/c17-9-3-1-2-4-10(9)24-16(28)22(20-21-24)7-11(25)12-13(18)23(8-5-6-8)15(27)19-14(12)26/h1-4,8H,5-7,18H2,(H,19,26,27). The van der Waals surface area contributed by atoms with Crippen molar-refractivity contribution in [2.45, 2.75) is 25.4 Å². The summed E-state index contributed by atoms with van der Waals surface area (Å²) in [6.45, 7) is -0.570. The molecule has 0 radical (unpaired) electrons. The molecular formula is C16H14ClN7O4. The summed E-state index contributed by atoms with van der Waals surface area (Å²) < 4.78 is 2.92. The largest absolute Gasteiger partial charge is 0.384 e. The maximum Gasteiger partial charge on any atom is 0.368 e. The number of aromatic nitrogens is 6. The average Bonchev–Trinajstić information content (AvgIpc) is 3.40. The lowest BCUT2D eigenvalue weighted by Crippen LogP contribution is -2.37. The van der Waals surface area contributed by atoms with Crippen molar-refractivity contribution in [1.82, 2.24) is 29.3 Å². The third kappa shape index (κ3) is 2.95. The topological polar surface area (TPSA) is 151 Å². The molecule has 0 amide bonds.